The van der Waals surface area contributed by atoms with Crippen molar-refractivity contribution >= 4 is 39.8 Å². The van der Waals surface area contributed by atoms with Crippen LogP contribution < -0.4 is 5.32 Å². The summed E-state index contributed by atoms with van der Waals surface area (Å²) in [5.74, 6) is 1.08. The van der Waals surface area contributed by atoms with Gasteiger partial charge in [-0.25, -0.2) is 8.42 Å². The zero-order valence-corrected chi connectivity index (χ0v) is 18.0. The fourth-order valence-corrected chi connectivity index (χ4v) is 4.77. The molecule has 136 valence electrons. The van der Waals surface area contributed by atoms with Crippen LogP contribution >= 0.6 is 24.0 Å². The van der Waals surface area contributed by atoms with Crippen LogP contribution in [-0.2, 0) is 9.84 Å². The van der Waals surface area contributed by atoms with Gasteiger partial charge in [-0.2, -0.15) is 0 Å². The maximum absolute atomic E-state index is 12.2. The third-order valence-corrected chi connectivity index (χ3v) is 7.63. The number of guanidine groups is 1. The van der Waals surface area contributed by atoms with Crippen molar-refractivity contribution in [1.29, 1.82) is 0 Å². The minimum absolute atomic E-state index is 0. The molecule has 0 amide bonds. The van der Waals surface area contributed by atoms with Gasteiger partial charge in [-0.15, -0.1) is 24.0 Å². The number of halogens is 1. The summed E-state index contributed by atoms with van der Waals surface area (Å²) < 4.78 is 23.6. The van der Waals surface area contributed by atoms with Crippen LogP contribution in [-0.4, -0.2) is 56.0 Å². The summed E-state index contributed by atoms with van der Waals surface area (Å²) in [7, 11) is -3.01. The molecule has 2 aliphatic rings. The van der Waals surface area contributed by atoms with Gasteiger partial charge in [0.1, 0.15) is 0 Å². The second kappa shape index (κ2) is 7.89. The predicted molar refractivity (Wildman–Crippen MR) is 107 cm³/mol. The molecule has 1 aliphatic carbocycles. The van der Waals surface area contributed by atoms with Crippen LogP contribution in [0.5, 0.6) is 0 Å². The Morgan fingerprint density at radius 3 is 2.35 bits per heavy atom. The molecule has 0 atom stereocenters. The van der Waals surface area contributed by atoms with E-state index in [1.54, 1.807) is 0 Å². The molecular weight excluding hydrogens is 425 g/mol. The lowest BCUT2D eigenvalue weighted by atomic mass is 9.89. The quantitative estimate of drug-likeness (QED) is 0.402. The molecule has 1 saturated heterocycles. The van der Waals surface area contributed by atoms with Crippen LogP contribution in [0.25, 0.3) is 0 Å². The van der Waals surface area contributed by atoms with E-state index in [2.05, 4.69) is 24.1 Å². The monoisotopic (exact) mass is 457 g/mol. The average molecular weight is 457 g/mol. The zero-order chi connectivity index (χ0) is 16.4. The molecule has 0 aromatic heterocycles. The van der Waals surface area contributed by atoms with Crippen molar-refractivity contribution in [2.45, 2.75) is 58.1 Å². The van der Waals surface area contributed by atoms with Crippen molar-refractivity contribution in [2.75, 3.05) is 31.9 Å². The largest absolute Gasteiger partial charge is 0.357 e. The number of rotatable bonds is 3. The van der Waals surface area contributed by atoms with Gasteiger partial charge in [-0.1, -0.05) is 19.8 Å². The Bertz CT molecular complexity index is 525. The first-order valence-corrected chi connectivity index (χ1v) is 10.1. The van der Waals surface area contributed by atoms with Crippen molar-refractivity contribution < 1.29 is 8.42 Å². The van der Waals surface area contributed by atoms with Gasteiger partial charge >= 0.3 is 0 Å². The lowest BCUT2D eigenvalue weighted by Gasteiger charge is -2.39. The van der Waals surface area contributed by atoms with Gasteiger partial charge in [0, 0.05) is 26.2 Å². The van der Waals surface area contributed by atoms with Gasteiger partial charge in [0.15, 0.2) is 15.8 Å². The van der Waals surface area contributed by atoms with Crippen LogP contribution in [0.2, 0.25) is 0 Å². The summed E-state index contributed by atoms with van der Waals surface area (Å²) in [6.07, 6.45) is 5.10. The van der Waals surface area contributed by atoms with Crippen LogP contribution in [0.1, 0.15) is 53.4 Å². The summed E-state index contributed by atoms with van der Waals surface area (Å²) in [5.41, 5.74) is 0.318. The van der Waals surface area contributed by atoms with Gasteiger partial charge in [0.2, 0.25) is 0 Å². The molecule has 7 heteroatoms. The van der Waals surface area contributed by atoms with Gasteiger partial charge in [0.05, 0.1) is 10.5 Å². The lowest BCUT2D eigenvalue weighted by molar-refractivity contribution is 0.333. The highest BCUT2D eigenvalue weighted by Gasteiger charge is 2.41. The second-order valence-corrected chi connectivity index (χ2v) is 10.4. The van der Waals surface area contributed by atoms with Gasteiger partial charge in [-0.05, 0) is 39.0 Å². The summed E-state index contributed by atoms with van der Waals surface area (Å²) >= 11 is 0. The lowest BCUT2D eigenvalue weighted by Crippen LogP contribution is -2.57. The van der Waals surface area contributed by atoms with Crippen LogP contribution in [0.4, 0.5) is 0 Å². The Morgan fingerprint density at radius 1 is 1.22 bits per heavy atom. The maximum Gasteiger partial charge on any atom is 0.194 e. The normalized spacial score (nSPS) is 25.7. The Labute approximate surface area is 158 Å². The number of sulfone groups is 1. The fourth-order valence-electron chi connectivity index (χ4n) is 3.40. The highest BCUT2D eigenvalue weighted by Crippen LogP contribution is 2.37. The van der Waals surface area contributed by atoms with E-state index < -0.39 is 14.6 Å². The third-order valence-electron chi connectivity index (χ3n) is 5.10. The van der Waals surface area contributed by atoms with E-state index in [9.17, 15) is 8.42 Å². The van der Waals surface area contributed by atoms with E-state index >= 15 is 0 Å². The average Bonchev–Trinajstić information content (AvgIpc) is 2.85. The van der Waals surface area contributed by atoms with Crippen molar-refractivity contribution in [1.82, 2.24) is 10.2 Å². The third kappa shape index (κ3) is 4.96. The van der Waals surface area contributed by atoms with Crippen LogP contribution in [0.3, 0.4) is 0 Å². The van der Waals surface area contributed by atoms with Gasteiger partial charge in [0.25, 0.3) is 0 Å². The molecule has 0 aromatic rings. The summed E-state index contributed by atoms with van der Waals surface area (Å²) in [5, 5.41) is 3.34. The first kappa shape index (κ1) is 21.0. The predicted octanol–water partition coefficient (Wildman–Crippen LogP) is 2.66. The molecule has 2 rings (SSSR count). The van der Waals surface area contributed by atoms with Crippen LogP contribution in [0.15, 0.2) is 4.99 Å². The van der Waals surface area contributed by atoms with Gasteiger partial charge < -0.3 is 10.2 Å². The molecule has 0 bridgehead atoms. The number of hydrogen-bond acceptors (Lipinski definition) is 3. The van der Waals surface area contributed by atoms with Crippen molar-refractivity contribution in [3.63, 3.8) is 0 Å². The Kier molecular flexibility index (Phi) is 7.20. The van der Waals surface area contributed by atoms with Crippen LogP contribution in [0, 0.1) is 5.41 Å². The molecule has 5 nitrogen and oxygen atoms in total. The number of nitrogens with one attached hydrogen (secondary N) is 1. The molecule has 1 heterocycles. The first-order chi connectivity index (χ1) is 10.2. The highest BCUT2D eigenvalue weighted by molar-refractivity contribution is 14.0. The van der Waals surface area contributed by atoms with E-state index in [0.717, 1.165) is 19.0 Å². The summed E-state index contributed by atoms with van der Waals surface area (Å²) in [4.78, 5) is 6.95. The van der Waals surface area contributed by atoms with Crippen molar-refractivity contribution in [2.24, 2.45) is 10.4 Å². The second-order valence-electron chi connectivity index (χ2n) is 7.69. The fraction of sp³-hybridized carbons (Fsp3) is 0.938. The van der Waals surface area contributed by atoms with E-state index in [1.165, 1.54) is 25.7 Å². The van der Waals surface area contributed by atoms with Crippen molar-refractivity contribution in [3.8, 4) is 0 Å². The Hall–Kier alpha value is -0.0500. The van der Waals surface area contributed by atoms with E-state index in [-0.39, 0.29) is 29.7 Å². The zero-order valence-electron chi connectivity index (χ0n) is 14.9. The summed E-state index contributed by atoms with van der Waals surface area (Å²) in [6.45, 7) is 10.7. The molecule has 1 aliphatic heterocycles. The number of nitrogens with zero attached hydrogens (tertiary/aromatic N) is 2. The smallest absolute Gasteiger partial charge is 0.194 e. The Balaban J connectivity index is 0.00000264. The number of hydrogen-bond donors (Lipinski definition) is 1. The number of aliphatic imine (C=N–C) groups is 1. The molecule has 0 unspecified atom stereocenters. The van der Waals surface area contributed by atoms with Gasteiger partial charge in [-0.3, -0.25) is 4.99 Å². The first-order valence-electron chi connectivity index (χ1n) is 8.45. The molecule has 1 saturated carbocycles. The van der Waals surface area contributed by atoms with E-state index in [1.807, 2.05) is 13.8 Å². The molecule has 2 fully saturated rings. The molecular formula is C16H32IN3O2S. The standard InChI is InChI=1S/C16H31N3O2S.HI/c1-5-17-14(18-12-16(4)8-6-7-9-16)19-10-11-22(20,21)15(2,3)13-19;/h5-13H2,1-4H3,(H,17,18);1H. The highest BCUT2D eigenvalue weighted by atomic mass is 127. The van der Waals surface area contributed by atoms with Crippen molar-refractivity contribution in [3.05, 3.63) is 0 Å². The molecule has 0 spiro atoms. The SMILES string of the molecule is CCNC(=NCC1(C)CCCC1)N1CCS(=O)(=O)C(C)(C)C1.I. The minimum atomic E-state index is -3.01. The Morgan fingerprint density at radius 2 is 1.83 bits per heavy atom. The maximum atomic E-state index is 12.2. The molecule has 23 heavy (non-hydrogen) atoms. The minimum Gasteiger partial charge on any atom is -0.357 e. The topological polar surface area (TPSA) is 61.8 Å². The molecule has 0 aromatic carbocycles. The molecule has 0 radical (unpaired) electrons. The van der Waals surface area contributed by atoms with E-state index in [0.29, 0.717) is 18.5 Å². The summed E-state index contributed by atoms with van der Waals surface area (Å²) in [6, 6.07) is 0. The van der Waals surface area contributed by atoms with E-state index in [4.69, 9.17) is 4.99 Å². The molecule has 1 N–H and O–H groups in total.